The summed E-state index contributed by atoms with van der Waals surface area (Å²) in [4.78, 5) is 0. The van der Waals surface area contributed by atoms with Crippen LogP contribution in [0.15, 0.2) is 81.7 Å². The number of benzene rings is 13. The molecule has 294 valence electrons. The Labute approximate surface area is 341 Å². The maximum absolute atomic E-state index is 15.0. The van der Waals surface area contributed by atoms with Crippen molar-refractivity contribution < 1.29 is 52.7 Å². The normalized spacial score (nSPS) is 14.5. The van der Waals surface area contributed by atoms with E-state index < -0.39 is 47.0 Å². The monoisotopic (exact) mass is 950 g/mol. The Balaban J connectivity index is 1.51. The minimum absolute atomic E-state index is 0.0258. The summed E-state index contributed by atoms with van der Waals surface area (Å²) < 4.78 is 180. The molecule has 0 aliphatic rings. The van der Waals surface area contributed by atoms with Crippen molar-refractivity contribution in [2.24, 2.45) is 0 Å². The van der Waals surface area contributed by atoms with Crippen molar-refractivity contribution in [2.75, 3.05) is 0 Å². The lowest BCUT2D eigenvalue weighted by Gasteiger charge is -2.30. The summed E-state index contributed by atoms with van der Waals surface area (Å²) in [7, 11) is 0. The van der Waals surface area contributed by atoms with Gasteiger partial charge >= 0.3 is 24.7 Å². The van der Waals surface area contributed by atoms with E-state index >= 15 is 0 Å². The summed E-state index contributed by atoms with van der Waals surface area (Å²) in [5.74, 6) is 0. The van der Waals surface area contributed by atoms with Crippen LogP contribution in [0.3, 0.4) is 0 Å². The van der Waals surface area contributed by atoms with Crippen molar-refractivity contribution in [3.05, 3.63) is 104 Å². The Morgan fingerprint density at radius 1 is 0.217 bits per heavy atom. The molecule has 0 fully saturated rings. The van der Waals surface area contributed by atoms with E-state index in [2.05, 4.69) is 31.9 Å². The SMILES string of the molecule is FC(F)(F)c1cc2c3cc(Br)cc4c5cc(C(F)(F)F)cc6c7cc(C(F)(F)F)cc8c9cc(Br)cc%10c%11cc(C(F)(F)F)cc%12c(c1)c2c1c(c34)c(c56)c(c87)c(c%109)c1c%11%12. The molecule has 0 aromatic heterocycles. The lowest BCUT2D eigenvalue weighted by atomic mass is 9.73. The number of halogens is 14. The minimum atomic E-state index is -4.97. The van der Waals surface area contributed by atoms with Crippen molar-refractivity contribution in [2.45, 2.75) is 24.7 Å². The van der Waals surface area contributed by atoms with Gasteiger partial charge in [-0.2, -0.15) is 52.7 Å². The van der Waals surface area contributed by atoms with Crippen LogP contribution in [-0.2, 0) is 24.7 Å². The highest BCUT2D eigenvalue weighted by Gasteiger charge is 2.40. The fourth-order valence-electron chi connectivity index (χ4n) is 10.9. The molecule has 0 saturated carbocycles. The molecule has 0 unspecified atom stereocenters. The predicted octanol–water partition coefficient (Wildman–Crippen LogP) is 17.8. The molecule has 0 spiro atoms. The number of fused-ring (bicyclic) bond motifs is 6. The Kier molecular flexibility index (Phi) is 6.03. The highest BCUT2D eigenvalue weighted by molar-refractivity contribution is 9.10. The molecule has 0 nitrogen and oxygen atoms in total. The van der Waals surface area contributed by atoms with Gasteiger partial charge in [0.1, 0.15) is 0 Å². The average molecular weight is 952 g/mol. The lowest BCUT2D eigenvalue weighted by molar-refractivity contribution is -0.138. The average Bonchev–Trinajstić information content (AvgIpc) is 3.16. The van der Waals surface area contributed by atoms with Gasteiger partial charge in [-0.05, 0) is 202 Å². The van der Waals surface area contributed by atoms with Crippen LogP contribution in [0.1, 0.15) is 22.3 Å². The molecule has 13 rings (SSSR count). The summed E-state index contributed by atoms with van der Waals surface area (Å²) in [5.41, 5.74) is -4.55. The molecule has 0 N–H and O–H groups in total. The maximum atomic E-state index is 15.0. The van der Waals surface area contributed by atoms with Crippen molar-refractivity contribution in [1.29, 1.82) is 0 Å². The molecule has 14 heteroatoms. The molecular formula is C46H12Br2F12. The van der Waals surface area contributed by atoms with Crippen LogP contribution in [0.5, 0.6) is 0 Å². The molecule has 0 atom stereocenters. The Morgan fingerprint density at radius 2 is 0.350 bits per heavy atom. The topological polar surface area (TPSA) is 0 Å². The quantitative estimate of drug-likeness (QED) is 0.0807. The molecular weight excluding hydrogens is 940 g/mol. The molecule has 0 aliphatic carbocycles. The van der Waals surface area contributed by atoms with E-state index in [9.17, 15) is 52.7 Å². The summed E-state index contributed by atoms with van der Waals surface area (Å²) in [6.45, 7) is 0. The summed E-state index contributed by atoms with van der Waals surface area (Å²) in [6, 6.07) is 13.3. The molecule has 0 heterocycles. The van der Waals surface area contributed by atoms with Crippen molar-refractivity contribution in [3.63, 3.8) is 0 Å². The van der Waals surface area contributed by atoms with Gasteiger partial charge in [0, 0.05) is 8.95 Å². The predicted molar refractivity (Wildman–Crippen MR) is 219 cm³/mol. The summed E-state index contributed by atoms with van der Waals surface area (Å²) >= 11 is 6.87. The van der Waals surface area contributed by atoms with E-state index in [4.69, 9.17) is 0 Å². The number of hydrogen-bond donors (Lipinski definition) is 0. The van der Waals surface area contributed by atoms with E-state index in [1.54, 1.807) is 24.3 Å². The van der Waals surface area contributed by atoms with Gasteiger partial charge in [0.15, 0.2) is 0 Å². The van der Waals surface area contributed by atoms with E-state index in [1.165, 1.54) is 0 Å². The molecule has 0 radical (unpaired) electrons. The van der Waals surface area contributed by atoms with Gasteiger partial charge in [0.05, 0.1) is 22.3 Å². The number of hydrogen-bond acceptors (Lipinski definition) is 0. The first kappa shape index (κ1) is 35.4. The highest BCUT2D eigenvalue weighted by Crippen LogP contribution is 2.62. The fourth-order valence-corrected chi connectivity index (χ4v) is 11.8. The fraction of sp³-hybridized carbons (Fsp3) is 0.0870. The van der Waals surface area contributed by atoms with Gasteiger partial charge in [-0.25, -0.2) is 0 Å². The van der Waals surface area contributed by atoms with Gasteiger partial charge in [0.2, 0.25) is 0 Å². The summed E-state index contributed by atoms with van der Waals surface area (Å²) in [6.07, 6.45) is -19.9. The number of rotatable bonds is 0. The van der Waals surface area contributed by atoms with Gasteiger partial charge in [-0.15, -0.1) is 0 Å². The van der Waals surface area contributed by atoms with Gasteiger partial charge in [0.25, 0.3) is 0 Å². The van der Waals surface area contributed by atoms with Crippen LogP contribution in [-0.4, -0.2) is 0 Å². The highest BCUT2D eigenvalue weighted by atomic mass is 79.9. The Morgan fingerprint density at radius 3 is 0.483 bits per heavy atom. The van der Waals surface area contributed by atoms with Gasteiger partial charge < -0.3 is 0 Å². The van der Waals surface area contributed by atoms with Gasteiger partial charge in [-0.1, -0.05) is 31.9 Å². The van der Waals surface area contributed by atoms with Crippen LogP contribution < -0.4 is 0 Å². The third-order valence-electron chi connectivity index (χ3n) is 12.8. The first-order valence-corrected chi connectivity index (χ1v) is 19.7. The third-order valence-corrected chi connectivity index (χ3v) is 13.7. The largest absolute Gasteiger partial charge is 0.416 e. The van der Waals surface area contributed by atoms with Crippen molar-refractivity contribution >= 4 is 161 Å². The Hall–Kier alpha value is -5.34. The lowest BCUT2D eigenvalue weighted by Crippen LogP contribution is -2.09. The first-order chi connectivity index (χ1) is 28.1. The van der Waals surface area contributed by atoms with Crippen LogP contribution >= 0.6 is 31.9 Å². The smallest absolute Gasteiger partial charge is 0.166 e. The standard InChI is InChI=1S/C46H12Br2F12/c47-17-9-27-23-5-13(43(49,50)51)1-19-20-2-14(44(52,53)54)6-24-28-10-18(48)12-30-26-8-16(46(58,59)60)4-22-21-3-15(45(55,56)57)7-25-29(11-17)35(27)41-37(31(19)23)38(32(20)24)42(36(28)30)40(34(22)26)39(41)33(21)25/h1-12H. The van der Waals surface area contributed by atoms with Gasteiger partial charge in [-0.3, -0.25) is 0 Å². The third kappa shape index (κ3) is 4.03. The first-order valence-electron chi connectivity index (χ1n) is 18.1. The van der Waals surface area contributed by atoms with E-state index in [-0.39, 0.29) is 95.1 Å². The van der Waals surface area contributed by atoms with E-state index in [1.807, 2.05) is 0 Å². The zero-order valence-electron chi connectivity index (χ0n) is 29.2. The second kappa shape index (κ2) is 10.2. The second-order valence-corrected chi connectivity index (χ2v) is 17.6. The van der Waals surface area contributed by atoms with E-state index in [0.717, 1.165) is 48.5 Å². The van der Waals surface area contributed by atoms with Crippen molar-refractivity contribution in [3.8, 4) is 0 Å². The molecule has 0 saturated heterocycles. The van der Waals surface area contributed by atoms with E-state index in [0.29, 0.717) is 43.1 Å². The number of alkyl halides is 12. The maximum Gasteiger partial charge on any atom is 0.416 e. The second-order valence-electron chi connectivity index (χ2n) is 15.8. The van der Waals surface area contributed by atoms with Crippen molar-refractivity contribution in [1.82, 2.24) is 0 Å². The van der Waals surface area contributed by atoms with Crippen LogP contribution in [0, 0.1) is 0 Å². The zero-order chi connectivity index (χ0) is 41.8. The van der Waals surface area contributed by atoms with Crippen LogP contribution in [0.25, 0.3) is 129 Å². The molecule has 13 aromatic carbocycles. The zero-order valence-corrected chi connectivity index (χ0v) is 32.4. The molecule has 0 amide bonds. The molecule has 0 bridgehead atoms. The molecule has 13 aromatic rings. The van der Waals surface area contributed by atoms with Crippen LogP contribution in [0.2, 0.25) is 0 Å². The molecule has 0 aliphatic heterocycles. The minimum Gasteiger partial charge on any atom is -0.166 e. The molecule has 60 heavy (non-hydrogen) atoms. The summed E-state index contributed by atoms with van der Waals surface area (Å²) in [5, 5.41) is 4.53. The van der Waals surface area contributed by atoms with Crippen LogP contribution in [0.4, 0.5) is 52.7 Å². The Bertz CT molecular complexity index is 3550.